The Kier molecular flexibility index (Phi) is 5.81. The molecule has 1 N–H and O–H groups in total. The van der Waals surface area contributed by atoms with Crippen molar-refractivity contribution in [3.63, 3.8) is 0 Å². The molecule has 0 amide bonds. The van der Waals surface area contributed by atoms with Crippen LogP contribution < -0.4 is 10.2 Å². The van der Waals surface area contributed by atoms with Gasteiger partial charge >= 0.3 is 0 Å². The van der Waals surface area contributed by atoms with E-state index in [1.165, 1.54) is 6.42 Å². The average Bonchev–Trinajstić information content (AvgIpc) is 2.45. The molecule has 4 heteroatoms. The fourth-order valence-electron chi connectivity index (χ4n) is 3.18. The van der Waals surface area contributed by atoms with E-state index in [0.717, 1.165) is 40.8 Å². The smallest absolute Gasteiger partial charge is 0.0643 e. The standard InChI is InChI=1S/C17H26Cl2N2/c1-5-7-20-16-6-8-21(13(4)12(16)3)17-10-14(18)11(2)9-15(17)19/h9-10,12-13,16,20H,5-8H2,1-4H3. The fourth-order valence-corrected chi connectivity index (χ4v) is 3.66. The molecular weight excluding hydrogens is 303 g/mol. The Hall–Kier alpha value is -0.440. The van der Waals surface area contributed by atoms with E-state index < -0.39 is 0 Å². The van der Waals surface area contributed by atoms with Crippen LogP contribution in [0.2, 0.25) is 10.0 Å². The molecule has 1 fully saturated rings. The molecule has 1 aromatic carbocycles. The van der Waals surface area contributed by atoms with Crippen molar-refractivity contribution in [1.82, 2.24) is 5.32 Å². The molecule has 0 aliphatic carbocycles. The first-order valence-electron chi connectivity index (χ1n) is 7.91. The molecule has 118 valence electrons. The Morgan fingerprint density at radius 1 is 1.24 bits per heavy atom. The van der Waals surface area contributed by atoms with Gasteiger partial charge in [-0.1, -0.05) is 37.0 Å². The van der Waals surface area contributed by atoms with Crippen LogP contribution in [0.4, 0.5) is 5.69 Å². The highest BCUT2D eigenvalue weighted by atomic mass is 35.5. The molecule has 1 saturated heterocycles. The molecule has 2 rings (SSSR count). The predicted molar refractivity (Wildman–Crippen MR) is 93.9 cm³/mol. The van der Waals surface area contributed by atoms with E-state index in [0.29, 0.717) is 18.0 Å². The molecule has 0 aromatic heterocycles. The molecule has 0 spiro atoms. The van der Waals surface area contributed by atoms with Gasteiger partial charge in [0, 0.05) is 23.7 Å². The van der Waals surface area contributed by atoms with E-state index in [4.69, 9.17) is 23.2 Å². The van der Waals surface area contributed by atoms with Crippen molar-refractivity contribution in [1.29, 1.82) is 0 Å². The molecule has 1 heterocycles. The Morgan fingerprint density at radius 2 is 1.95 bits per heavy atom. The number of hydrogen-bond acceptors (Lipinski definition) is 2. The van der Waals surface area contributed by atoms with E-state index in [9.17, 15) is 0 Å². The third-order valence-electron chi connectivity index (χ3n) is 4.76. The first-order chi connectivity index (χ1) is 9.95. The van der Waals surface area contributed by atoms with Crippen LogP contribution >= 0.6 is 23.2 Å². The molecule has 2 nitrogen and oxygen atoms in total. The summed E-state index contributed by atoms with van der Waals surface area (Å²) in [5.41, 5.74) is 2.10. The van der Waals surface area contributed by atoms with Crippen LogP contribution in [0.1, 0.15) is 39.2 Å². The van der Waals surface area contributed by atoms with Gasteiger partial charge in [-0.05, 0) is 56.8 Å². The lowest BCUT2D eigenvalue weighted by atomic mass is 9.86. The second-order valence-corrected chi connectivity index (χ2v) is 7.01. The third-order valence-corrected chi connectivity index (χ3v) is 5.47. The quantitative estimate of drug-likeness (QED) is 0.845. The van der Waals surface area contributed by atoms with Gasteiger partial charge in [0.1, 0.15) is 0 Å². The maximum Gasteiger partial charge on any atom is 0.0643 e. The zero-order valence-electron chi connectivity index (χ0n) is 13.4. The minimum atomic E-state index is 0.448. The second kappa shape index (κ2) is 7.21. The Morgan fingerprint density at radius 3 is 2.62 bits per heavy atom. The van der Waals surface area contributed by atoms with Crippen molar-refractivity contribution < 1.29 is 0 Å². The van der Waals surface area contributed by atoms with E-state index in [-0.39, 0.29) is 0 Å². The van der Waals surface area contributed by atoms with Crippen molar-refractivity contribution >= 4 is 28.9 Å². The van der Waals surface area contributed by atoms with E-state index in [1.54, 1.807) is 0 Å². The lowest BCUT2D eigenvalue weighted by Gasteiger charge is -2.44. The van der Waals surface area contributed by atoms with Crippen LogP contribution in [0.15, 0.2) is 12.1 Å². The summed E-state index contributed by atoms with van der Waals surface area (Å²) in [5.74, 6) is 0.585. The average molecular weight is 329 g/mol. The van der Waals surface area contributed by atoms with Crippen LogP contribution in [0.3, 0.4) is 0 Å². The summed E-state index contributed by atoms with van der Waals surface area (Å²) in [7, 11) is 0. The number of piperidine rings is 1. The summed E-state index contributed by atoms with van der Waals surface area (Å²) in [6.45, 7) is 10.9. The second-order valence-electron chi connectivity index (χ2n) is 6.20. The molecule has 0 radical (unpaired) electrons. The number of nitrogens with one attached hydrogen (secondary N) is 1. The van der Waals surface area contributed by atoms with Crippen molar-refractivity contribution in [3.8, 4) is 0 Å². The highest BCUT2D eigenvalue weighted by Gasteiger charge is 2.33. The summed E-state index contributed by atoms with van der Waals surface area (Å²) in [6, 6.07) is 5.03. The van der Waals surface area contributed by atoms with E-state index >= 15 is 0 Å². The van der Waals surface area contributed by atoms with Gasteiger partial charge in [0.05, 0.1) is 10.7 Å². The van der Waals surface area contributed by atoms with Gasteiger partial charge in [-0.3, -0.25) is 0 Å². The number of hydrogen-bond donors (Lipinski definition) is 1. The van der Waals surface area contributed by atoms with E-state index in [2.05, 4.69) is 31.0 Å². The van der Waals surface area contributed by atoms with Gasteiger partial charge in [-0.15, -0.1) is 0 Å². The van der Waals surface area contributed by atoms with E-state index in [1.807, 2.05) is 19.1 Å². The maximum atomic E-state index is 6.45. The van der Waals surface area contributed by atoms with Gasteiger partial charge < -0.3 is 10.2 Å². The highest BCUT2D eigenvalue weighted by molar-refractivity contribution is 6.35. The Balaban J connectivity index is 2.17. The molecular formula is C17H26Cl2N2. The Labute approximate surface area is 138 Å². The number of aryl methyl sites for hydroxylation is 1. The van der Waals surface area contributed by atoms with Crippen molar-refractivity contribution in [2.24, 2.45) is 5.92 Å². The predicted octanol–water partition coefficient (Wildman–Crippen LogP) is 4.90. The lowest BCUT2D eigenvalue weighted by Crippen LogP contribution is -2.53. The van der Waals surface area contributed by atoms with Crippen molar-refractivity contribution in [2.75, 3.05) is 18.0 Å². The van der Waals surface area contributed by atoms with Crippen LogP contribution in [0.5, 0.6) is 0 Å². The minimum absolute atomic E-state index is 0.448. The molecule has 0 saturated carbocycles. The van der Waals surface area contributed by atoms with Crippen molar-refractivity contribution in [2.45, 2.75) is 52.6 Å². The first-order valence-corrected chi connectivity index (χ1v) is 8.67. The normalized spacial score (nSPS) is 26.2. The van der Waals surface area contributed by atoms with Crippen LogP contribution in [-0.2, 0) is 0 Å². The van der Waals surface area contributed by atoms with Gasteiger partial charge in [0.25, 0.3) is 0 Å². The molecule has 1 aliphatic rings. The molecule has 3 unspecified atom stereocenters. The van der Waals surface area contributed by atoms with Crippen molar-refractivity contribution in [3.05, 3.63) is 27.7 Å². The monoisotopic (exact) mass is 328 g/mol. The number of halogens is 2. The molecule has 0 bridgehead atoms. The molecule has 21 heavy (non-hydrogen) atoms. The summed E-state index contributed by atoms with van der Waals surface area (Å²) < 4.78 is 0. The topological polar surface area (TPSA) is 15.3 Å². The summed E-state index contributed by atoms with van der Waals surface area (Å²) >= 11 is 12.7. The largest absolute Gasteiger partial charge is 0.367 e. The molecule has 1 aliphatic heterocycles. The SMILES string of the molecule is CCCNC1CCN(c2cc(Cl)c(C)cc2Cl)C(C)C1C. The van der Waals surface area contributed by atoms with Crippen LogP contribution in [0, 0.1) is 12.8 Å². The summed E-state index contributed by atoms with van der Waals surface area (Å²) in [6.07, 6.45) is 2.33. The lowest BCUT2D eigenvalue weighted by molar-refractivity contribution is 0.271. The van der Waals surface area contributed by atoms with Gasteiger partial charge in [0.2, 0.25) is 0 Å². The van der Waals surface area contributed by atoms with Gasteiger partial charge in [-0.25, -0.2) is 0 Å². The first kappa shape index (κ1) is 16.9. The Bertz CT molecular complexity index is 490. The van der Waals surface area contributed by atoms with Gasteiger partial charge in [-0.2, -0.15) is 0 Å². The van der Waals surface area contributed by atoms with Crippen LogP contribution in [0.25, 0.3) is 0 Å². The molecule has 1 aromatic rings. The summed E-state index contributed by atoms with van der Waals surface area (Å²) in [5, 5.41) is 5.27. The zero-order chi connectivity index (χ0) is 15.6. The fraction of sp³-hybridized carbons (Fsp3) is 0.647. The third kappa shape index (κ3) is 3.67. The van der Waals surface area contributed by atoms with Gasteiger partial charge in [0.15, 0.2) is 0 Å². The number of rotatable bonds is 4. The number of nitrogens with zero attached hydrogens (tertiary/aromatic N) is 1. The highest BCUT2D eigenvalue weighted by Crippen LogP contribution is 2.36. The number of benzene rings is 1. The summed E-state index contributed by atoms with van der Waals surface area (Å²) in [4.78, 5) is 2.41. The minimum Gasteiger partial charge on any atom is -0.367 e. The van der Waals surface area contributed by atoms with Crippen LogP contribution in [-0.4, -0.2) is 25.2 Å². The number of anilines is 1. The maximum absolute atomic E-state index is 6.45. The zero-order valence-corrected chi connectivity index (χ0v) is 14.9. The molecule has 3 atom stereocenters.